The number of hydrogen-bond acceptors (Lipinski definition) is 3. The van der Waals surface area contributed by atoms with Crippen LogP contribution >= 0.6 is 15.9 Å². The number of anilines is 1. The van der Waals surface area contributed by atoms with Crippen molar-refractivity contribution in [3.05, 3.63) is 32.5 Å². The van der Waals surface area contributed by atoms with Gasteiger partial charge in [-0.15, -0.1) is 0 Å². The van der Waals surface area contributed by atoms with E-state index in [1.807, 2.05) is 13.0 Å². The SMILES string of the molecule is CC(=O)Nc1c(O)c2ccc(Br)c(C)c2n(C2CC2)c1=O. The number of nitrogens with zero attached hydrogens (tertiary/aromatic N) is 1. The first kappa shape index (κ1) is 14.1. The molecular formula is C15H15BrN2O3. The lowest BCUT2D eigenvalue weighted by Crippen LogP contribution is -2.25. The summed E-state index contributed by atoms with van der Waals surface area (Å²) in [5.74, 6) is -0.546. The fraction of sp³-hybridized carbons (Fsp3) is 0.333. The highest BCUT2D eigenvalue weighted by molar-refractivity contribution is 9.10. The van der Waals surface area contributed by atoms with Crippen molar-refractivity contribution in [3.8, 4) is 5.75 Å². The van der Waals surface area contributed by atoms with Crippen molar-refractivity contribution in [2.24, 2.45) is 0 Å². The van der Waals surface area contributed by atoms with Gasteiger partial charge in [0.1, 0.15) is 0 Å². The predicted molar refractivity (Wildman–Crippen MR) is 84.9 cm³/mol. The summed E-state index contributed by atoms with van der Waals surface area (Å²) in [4.78, 5) is 24.0. The lowest BCUT2D eigenvalue weighted by atomic mass is 10.1. The summed E-state index contributed by atoms with van der Waals surface area (Å²) in [7, 11) is 0. The molecule has 3 rings (SSSR count). The third-order valence-corrected chi connectivity index (χ3v) is 4.60. The maximum Gasteiger partial charge on any atom is 0.278 e. The van der Waals surface area contributed by atoms with Crippen molar-refractivity contribution in [2.75, 3.05) is 5.32 Å². The average Bonchev–Trinajstić information content (AvgIpc) is 3.23. The van der Waals surface area contributed by atoms with Crippen LogP contribution in [0.4, 0.5) is 5.69 Å². The molecule has 1 aromatic heterocycles. The summed E-state index contributed by atoms with van der Waals surface area (Å²) in [6, 6.07) is 3.73. The third-order valence-electron chi connectivity index (χ3n) is 3.74. The number of benzene rings is 1. The number of carbonyl (C=O) groups is 1. The highest BCUT2D eigenvalue weighted by atomic mass is 79.9. The van der Waals surface area contributed by atoms with Crippen LogP contribution in [0, 0.1) is 6.92 Å². The Morgan fingerprint density at radius 1 is 1.43 bits per heavy atom. The number of nitrogens with one attached hydrogen (secondary N) is 1. The molecule has 1 aliphatic carbocycles. The van der Waals surface area contributed by atoms with Crippen LogP contribution in [0.1, 0.15) is 31.4 Å². The summed E-state index contributed by atoms with van der Waals surface area (Å²) in [6.45, 7) is 3.22. The van der Waals surface area contributed by atoms with E-state index >= 15 is 0 Å². The van der Waals surface area contributed by atoms with E-state index in [-0.39, 0.29) is 28.9 Å². The molecule has 0 spiro atoms. The number of hydrogen-bond donors (Lipinski definition) is 2. The van der Waals surface area contributed by atoms with Crippen LogP contribution in [0.15, 0.2) is 21.4 Å². The first-order chi connectivity index (χ1) is 9.91. The second kappa shape index (κ2) is 4.87. The molecule has 0 atom stereocenters. The Bertz CT molecular complexity index is 822. The predicted octanol–water partition coefficient (Wildman–Crippen LogP) is 3.07. The Labute approximate surface area is 129 Å². The van der Waals surface area contributed by atoms with Gasteiger partial charge in [-0.25, -0.2) is 0 Å². The van der Waals surface area contributed by atoms with Crippen LogP contribution in [-0.4, -0.2) is 15.6 Å². The van der Waals surface area contributed by atoms with Crippen molar-refractivity contribution in [3.63, 3.8) is 0 Å². The average molecular weight is 351 g/mol. The van der Waals surface area contributed by atoms with Crippen LogP contribution < -0.4 is 10.9 Å². The van der Waals surface area contributed by atoms with E-state index in [2.05, 4.69) is 21.2 Å². The van der Waals surface area contributed by atoms with E-state index in [0.29, 0.717) is 5.39 Å². The van der Waals surface area contributed by atoms with Crippen molar-refractivity contribution >= 4 is 38.4 Å². The lowest BCUT2D eigenvalue weighted by molar-refractivity contribution is -0.114. The van der Waals surface area contributed by atoms with Gasteiger partial charge in [-0.05, 0) is 37.5 Å². The molecule has 1 heterocycles. The Morgan fingerprint density at radius 3 is 2.67 bits per heavy atom. The van der Waals surface area contributed by atoms with Gasteiger partial charge < -0.3 is 15.0 Å². The molecule has 1 aromatic carbocycles. The Kier molecular flexibility index (Phi) is 3.28. The van der Waals surface area contributed by atoms with Gasteiger partial charge >= 0.3 is 0 Å². The number of aromatic hydroxyl groups is 1. The van der Waals surface area contributed by atoms with E-state index in [4.69, 9.17) is 0 Å². The molecule has 0 unspecified atom stereocenters. The molecule has 1 amide bonds. The van der Waals surface area contributed by atoms with Crippen LogP contribution in [-0.2, 0) is 4.79 Å². The monoisotopic (exact) mass is 350 g/mol. The van der Waals surface area contributed by atoms with Gasteiger partial charge in [-0.1, -0.05) is 15.9 Å². The molecule has 110 valence electrons. The zero-order chi connectivity index (χ0) is 15.3. The molecule has 1 aliphatic rings. The van der Waals surface area contributed by atoms with Gasteiger partial charge in [-0.3, -0.25) is 9.59 Å². The van der Waals surface area contributed by atoms with E-state index in [9.17, 15) is 14.7 Å². The molecule has 0 aliphatic heterocycles. The molecule has 2 N–H and O–H groups in total. The third kappa shape index (κ3) is 2.23. The molecule has 21 heavy (non-hydrogen) atoms. The van der Waals surface area contributed by atoms with Crippen LogP contribution in [0.3, 0.4) is 0 Å². The fourth-order valence-electron chi connectivity index (χ4n) is 2.60. The Balaban J connectivity index is 2.45. The quantitative estimate of drug-likeness (QED) is 0.874. The minimum Gasteiger partial charge on any atom is -0.505 e. The van der Waals surface area contributed by atoms with Gasteiger partial charge in [0, 0.05) is 22.8 Å². The molecule has 5 nitrogen and oxygen atoms in total. The summed E-state index contributed by atoms with van der Waals surface area (Å²) >= 11 is 3.46. The van der Waals surface area contributed by atoms with Gasteiger partial charge in [0.25, 0.3) is 5.56 Å². The number of rotatable bonds is 2. The number of fused-ring (bicyclic) bond motifs is 1. The summed E-state index contributed by atoms with van der Waals surface area (Å²) < 4.78 is 2.58. The van der Waals surface area contributed by atoms with Crippen molar-refractivity contribution < 1.29 is 9.90 Å². The highest BCUT2D eigenvalue weighted by Crippen LogP contribution is 2.41. The van der Waals surface area contributed by atoms with Crippen molar-refractivity contribution in [2.45, 2.75) is 32.7 Å². The van der Waals surface area contributed by atoms with E-state index in [1.54, 1.807) is 10.6 Å². The van der Waals surface area contributed by atoms with E-state index in [1.165, 1.54) is 6.92 Å². The number of carbonyl (C=O) groups excluding carboxylic acids is 1. The van der Waals surface area contributed by atoms with Crippen molar-refractivity contribution in [1.29, 1.82) is 0 Å². The fourth-order valence-corrected chi connectivity index (χ4v) is 2.92. The second-order valence-electron chi connectivity index (χ2n) is 5.38. The molecule has 0 radical (unpaired) electrons. The molecular weight excluding hydrogens is 336 g/mol. The molecule has 6 heteroatoms. The maximum absolute atomic E-state index is 12.7. The number of pyridine rings is 1. The van der Waals surface area contributed by atoms with Gasteiger partial charge in [-0.2, -0.15) is 0 Å². The second-order valence-corrected chi connectivity index (χ2v) is 6.23. The van der Waals surface area contributed by atoms with Gasteiger partial charge in [0.15, 0.2) is 11.4 Å². The number of halogens is 1. The van der Waals surface area contributed by atoms with Crippen LogP contribution in [0.2, 0.25) is 0 Å². The largest absolute Gasteiger partial charge is 0.505 e. The number of aromatic nitrogens is 1. The number of aryl methyl sites for hydroxylation is 1. The minimum atomic E-state index is -0.377. The normalized spacial score (nSPS) is 14.4. The lowest BCUT2D eigenvalue weighted by Gasteiger charge is -2.17. The van der Waals surface area contributed by atoms with Gasteiger partial charge in [0.05, 0.1) is 5.52 Å². The topological polar surface area (TPSA) is 71.3 Å². The molecule has 0 bridgehead atoms. The molecule has 1 saturated carbocycles. The van der Waals surface area contributed by atoms with Crippen LogP contribution in [0.25, 0.3) is 10.9 Å². The first-order valence-corrected chi connectivity index (χ1v) is 7.55. The zero-order valence-corrected chi connectivity index (χ0v) is 13.3. The minimum absolute atomic E-state index is 0.0383. The first-order valence-electron chi connectivity index (χ1n) is 6.75. The van der Waals surface area contributed by atoms with Crippen LogP contribution in [0.5, 0.6) is 5.75 Å². The summed E-state index contributed by atoms with van der Waals surface area (Å²) in [5.41, 5.74) is 1.24. The number of amides is 1. The smallest absolute Gasteiger partial charge is 0.278 e. The van der Waals surface area contributed by atoms with Gasteiger partial charge in [0.2, 0.25) is 5.91 Å². The summed E-state index contributed by atoms with van der Waals surface area (Å²) in [5, 5.41) is 13.4. The van der Waals surface area contributed by atoms with Crippen molar-refractivity contribution in [1.82, 2.24) is 4.57 Å². The molecule has 2 aromatic rings. The zero-order valence-electron chi connectivity index (χ0n) is 11.7. The molecule has 0 saturated heterocycles. The Hall–Kier alpha value is -1.82. The summed E-state index contributed by atoms with van der Waals surface area (Å²) in [6.07, 6.45) is 1.87. The van der Waals surface area contributed by atoms with E-state index < -0.39 is 0 Å². The standard InChI is InChI=1S/C15H15BrN2O3/c1-7-11(16)6-5-10-13(7)18(9-3-4-9)15(21)12(14(10)20)17-8(2)19/h5-6,9,20H,3-4H2,1-2H3,(H,17,19). The highest BCUT2D eigenvalue weighted by Gasteiger charge is 2.30. The van der Waals surface area contributed by atoms with E-state index in [0.717, 1.165) is 28.4 Å². The molecule has 1 fully saturated rings. The Morgan fingerprint density at radius 2 is 2.10 bits per heavy atom. The maximum atomic E-state index is 12.7.